The smallest absolute Gasteiger partial charge is 0.235 e. The Balaban J connectivity index is 3.00. The third-order valence-electron chi connectivity index (χ3n) is 1.80. The van der Waals surface area contributed by atoms with Gasteiger partial charge in [-0.05, 0) is 17.7 Å². The zero-order chi connectivity index (χ0) is 11.6. The molecule has 1 unspecified atom stereocenters. The molecule has 82 valence electrons. The van der Waals surface area contributed by atoms with Gasteiger partial charge in [0.1, 0.15) is 5.38 Å². The van der Waals surface area contributed by atoms with E-state index in [1.54, 1.807) is 12.1 Å². The van der Waals surface area contributed by atoms with E-state index in [0.29, 0.717) is 15.6 Å². The second-order valence-electron chi connectivity index (χ2n) is 2.92. The molecule has 0 aliphatic rings. The minimum atomic E-state index is -0.804. The van der Waals surface area contributed by atoms with Gasteiger partial charge in [-0.2, -0.15) is 0 Å². The normalized spacial score (nSPS) is 12.5. The Morgan fingerprint density at radius 1 is 1.40 bits per heavy atom. The Morgan fingerprint density at radius 2 is 1.87 bits per heavy atom. The van der Waals surface area contributed by atoms with Gasteiger partial charge >= 0.3 is 0 Å². The van der Waals surface area contributed by atoms with Gasteiger partial charge in [0, 0.05) is 20.9 Å². The van der Waals surface area contributed by atoms with Crippen LogP contribution in [0.4, 0.5) is 0 Å². The lowest BCUT2D eigenvalue weighted by Gasteiger charge is -2.09. The third-order valence-corrected chi connectivity index (χ3v) is 3.30. The van der Waals surface area contributed by atoms with Crippen LogP contribution >= 0.6 is 50.7 Å². The quantitative estimate of drug-likeness (QED) is 0.848. The molecule has 0 aliphatic carbocycles. The zero-order valence-electron chi connectivity index (χ0n) is 7.44. The number of alkyl halides is 1. The van der Waals surface area contributed by atoms with Gasteiger partial charge in [-0.15, -0.1) is 11.6 Å². The van der Waals surface area contributed by atoms with Crippen molar-refractivity contribution in [2.45, 2.75) is 11.8 Å². The van der Waals surface area contributed by atoms with Gasteiger partial charge in [-0.3, -0.25) is 4.79 Å². The highest BCUT2D eigenvalue weighted by atomic mass is 79.9. The van der Waals surface area contributed by atoms with E-state index in [2.05, 4.69) is 15.9 Å². The molecule has 1 amide bonds. The van der Waals surface area contributed by atoms with Gasteiger partial charge in [-0.25, -0.2) is 0 Å². The van der Waals surface area contributed by atoms with Gasteiger partial charge in [0.2, 0.25) is 5.91 Å². The molecule has 0 fully saturated rings. The fourth-order valence-corrected chi connectivity index (χ4v) is 2.56. The van der Waals surface area contributed by atoms with Crippen LogP contribution in [0.1, 0.15) is 5.56 Å². The van der Waals surface area contributed by atoms with Gasteiger partial charge in [-0.1, -0.05) is 39.1 Å². The zero-order valence-corrected chi connectivity index (χ0v) is 11.3. The largest absolute Gasteiger partial charge is 0.368 e. The number of hydrogen-bond donors (Lipinski definition) is 1. The van der Waals surface area contributed by atoms with Crippen molar-refractivity contribution in [2.24, 2.45) is 5.73 Å². The van der Waals surface area contributed by atoms with E-state index in [1.807, 2.05) is 0 Å². The van der Waals surface area contributed by atoms with Crippen LogP contribution in [0.5, 0.6) is 0 Å². The van der Waals surface area contributed by atoms with E-state index in [9.17, 15) is 4.79 Å². The summed E-state index contributed by atoms with van der Waals surface area (Å²) in [6, 6.07) is 3.38. The highest BCUT2D eigenvalue weighted by Crippen LogP contribution is 2.30. The van der Waals surface area contributed by atoms with E-state index in [4.69, 9.17) is 40.5 Å². The maximum absolute atomic E-state index is 10.8. The summed E-state index contributed by atoms with van der Waals surface area (Å²) in [5.41, 5.74) is 5.67. The Bertz CT molecular complexity index is 374. The molecule has 1 aromatic rings. The monoisotopic (exact) mass is 329 g/mol. The Hall–Kier alpha value is 0.0400. The molecule has 2 N–H and O–H groups in total. The summed E-state index contributed by atoms with van der Waals surface area (Å²) >= 11 is 20.9. The van der Waals surface area contributed by atoms with Gasteiger partial charge in [0.25, 0.3) is 0 Å². The molecule has 0 radical (unpaired) electrons. The first-order chi connectivity index (χ1) is 6.91. The first-order valence-electron chi connectivity index (χ1n) is 3.98. The van der Waals surface area contributed by atoms with Crippen LogP contribution in [0, 0.1) is 0 Å². The number of benzene rings is 1. The number of nitrogens with two attached hydrogens (primary N) is 1. The Kier molecular flexibility index (Phi) is 4.71. The summed E-state index contributed by atoms with van der Waals surface area (Å²) in [5, 5.41) is 0.115. The fraction of sp³-hybridized carbons (Fsp3) is 0.222. The van der Waals surface area contributed by atoms with Crippen LogP contribution in [0.15, 0.2) is 16.6 Å². The van der Waals surface area contributed by atoms with Crippen LogP contribution in [-0.2, 0) is 11.2 Å². The molecule has 0 heterocycles. The molecule has 1 aromatic carbocycles. The number of hydrogen-bond acceptors (Lipinski definition) is 1. The first kappa shape index (κ1) is 13.1. The second-order valence-corrected chi connectivity index (χ2v) is 5.18. The maximum Gasteiger partial charge on any atom is 0.235 e. The van der Waals surface area contributed by atoms with Crippen molar-refractivity contribution < 1.29 is 4.79 Å². The highest BCUT2D eigenvalue weighted by Gasteiger charge is 2.16. The van der Waals surface area contributed by atoms with Gasteiger partial charge in [0.15, 0.2) is 0 Å². The van der Waals surface area contributed by atoms with Crippen LogP contribution in [0.25, 0.3) is 0 Å². The van der Waals surface area contributed by atoms with Crippen molar-refractivity contribution in [1.82, 2.24) is 0 Å². The molecule has 0 aromatic heterocycles. The molecule has 0 saturated carbocycles. The van der Waals surface area contributed by atoms with E-state index in [1.165, 1.54) is 0 Å². The Labute approximate surface area is 111 Å². The van der Waals surface area contributed by atoms with Crippen molar-refractivity contribution in [3.05, 3.63) is 32.2 Å². The number of halogens is 4. The SMILES string of the molecule is NC(=O)C(Cl)Cc1c(Cl)cc(Br)cc1Cl. The minimum Gasteiger partial charge on any atom is -0.368 e. The summed E-state index contributed by atoms with van der Waals surface area (Å²) in [6.07, 6.45) is 0.224. The number of carbonyl (C=O) groups is 1. The second kappa shape index (κ2) is 5.39. The van der Waals surface area contributed by atoms with Crippen molar-refractivity contribution in [3.63, 3.8) is 0 Å². The number of primary amides is 1. The third kappa shape index (κ3) is 3.52. The molecule has 0 saturated heterocycles. The van der Waals surface area contributed by atoms with E-state index >= 15 is 0 Å². The molecule has 2 nitrogen and oxygen atoms in total. The maximum atomic E-state index is 10.8. The molecule has 0 bridgehead atoms. The summed E-state index contributed by atoms with van der Waals surface area (Å²) < 4.78 is 0.770. The molecule has 0 aliphatic heterocycles. The summed E-state index contributed by atoms with van der Waals surface area (Å²) in [6.45, 7) is 0. The molecular weight excluding hydrogens is 324 g/mol. The highest BCUT2D eigenvalue weighted by molar-refractivity contribution is 9.10. The van der Waals surface area contributed by atoms with Crippen molar-refractivity contribution >= 4 is 56.6 Å². The fourth-order valence-electron chi connectivity index (χ4n) is 1.05. The average molecular weight is 331 g/mol. The van der Waals surface area contributed by atoms with E-state index < -0.39 is 11.3 Å². The lowest BCUT2D eigenvalue weighted by atomic mass is 10.1. The molecular formula is C9H7BrCl3NO. The van der Waals surface area contributed by atoms with E-state index in [0.717, 1.165) is 4.47 Å². The topological polar surface area (TPSA) is 43.1 Å². The molecule has 1 rings (SSSR count). The van der Waals surface area contributed by atoms with Crippen LogP contribution in [-0.4, -0.2) is 11.3 Å². The van der Waals surface area contributed by atoms with Crippen molar-refractivity contribution in [1.29, 1.82) is 0 Å². The van der Waals surface area contributed by atoms with Gasteiger partial charge in [0.05, 0.1) is 0 Å². The van der Waals surface area contributed by atoms with Crippen molar-refractivity contribution in [2.75, 3.05) is 0 Å². The Morgan fingerprint density at radius 3 is 2.27 bits per heavy atom. The molecule has 1 atom stereocenters. The number of amides is 1. The van der Waals surface area contributed by atoms with Gasteiger partial charge < -0.3 is 5.73 Å². The average Bonchev–Trinajstić information content (AvgIpc) is 2.10. The lowest BCUT2D eigenvalue weighted by Crippen LogP contribution is -2.25. The number of carbonyl (C=O) groups excluding carboxylic acids is 1. The van der Waals surface area contributed by atoms with Crippen LogP contribution in [0.3, 0.4) is 0 Å². The first-order valence-corrected chi connectivity index (χ1v) is 5.97. The number of rotatable bonds is 3. The predicted molar refractivity (Wildman–Crippen MR) is 66.7 cm³/mol. The minimum absolute atomic E-state index is 0.224. The standard InChI is InChI=1S/C9H7BrCl3NO/c10-4-1-6(11)5(7(12)2-4)3-8(13)9(14)15/h1-2,8H,3H2,(H2,14,15). The summed E-state index contributed by atoms with van der Waals surface area (Å²) in [4.78, 5) is 10.8. The lowest BCUT2D eigenvalue weighted by molar-refractivity contribution is -0.117. The molecule has 0 spiro atoms. The van der Waals surface area contributed by atoms with Crippen molar-refractivity contribution in [3.8, 4) is 0 Å². The van der Waals surface area contributed by atoms with E-state index in [-0.39, 0.29) is 6.42 Å². The predicted octanol–water partition coefficient (Wildman–Crippen LogP) is 3.39. The summed E-state index contributed by atoms with van der Waals surface area (Å²) in [5.74, 6) is -0.591. The molecule has 15 heavy (non-hydrogen) atoms. The van der Waals surface area contributed by atoms with Crippen LogP contribution in [0.2, 0.25) is 10.0 Å². The molecule has 6 heteroatoms. The summed E-state index contributed by atoms with van der Waals surface area (Å²) in [7, 11) is 0. The van der Waals surface area contributed by atoms with Crippen LogP contribution < -0.4 is 5.73 Å².